The van der Waals surface area contributed by atoms with Gasteiger partial charge in [0, 0.05) is 25.0 Å². The Morgan fingerprint density at radius 1 is 1.62 bits per heavy atom. The molecule has 21 heavy (non-hydrogen) atoms. The predicted octanol–water partition coefficient (Wildman–Crippen LogP) is 0.660. The number of rotatable bonds is 5. The van der Waals surface area contributed by atoms with Gasteiger partial charge in [-0.15, -0.1) is 11.3 Å². The van der Waals surface area contributed by atoms with Crippen molar-refractivity contribution in [2.45, 2.75) is 6.10 Å². The molecule has 0 spiro atoms. The van der Waals surface area contributed by atoms with Gasteiger partial charge in [0.1, 0.15) is 0 Å². The summed E-state index contributed by atoms with van der Waals surface area (Å²) in [5.41, 5.74) is 5.76. The molecule has 2 amide bonds. The Hall–Kier alpha value is -1.15. The summed E-state index contributed by atoms with van der Waals surface area (Å²) in [4.78, 5) is 26.8. The van der Waals surface area contributed by atoms with E-state index in [1.54, 1.807) is 28.3 Å². The van der Waals surface area contributed by atoms with Gasteiger partial charge in [-0.3, -0.25) is 14.5 Å². The largest absolute Gasteiger partial charge is 0.373 e. The van der Waals surface area contributed by atoms with Crippen LogP contribution in [0.1, 0.15) is 10.4 Å². The molecule has 1 aromatic heterocycles. The number of amides is 2. The highest BCUT2D eigenvalue weighted by Gasteiger charge is 2.26. The van der Waals surface area contributed by atoms with Gasteiger partial charge in [-0.05, 0) is 13.1 Å². The van der Waals surface area contributed by atoms with E-state index in [0.717, 1.165) is 0 Å². The highest BCUT2D eigenvalue weighted by atomic mass is 35.5. The maximum Gasteiger partial charge on any atom is 0.254 e. The van der Waals surface area contributed by atoms with Crippen LogP contribution in [0, 0.1) is 0 Å². The first kappa shape index (κ1) is 16.2. The SMILES string of the molecule is CN(CC(N)=O)CC1CN(C(=O)c2csc(Cl)c2)CCO1. The van der Waals surface area contributed by atoms with Crippen molar-refractivity contribution in [1.29, 1.82) is 0 Å². The van der Waals surface area contributed by atoms with E-state index >= 15 is 0 Å². The van der Waals surface area contributed by atoms with Gasteiger partial charge < -0.3 is 15.4 Å². The second-order valence-electron chi connectivity index (χ2n) is 5.05. The van der Waals surface area contributed by atoms with Gasteiger partial charge in [-0.25, -0.2) is 0 Å². The van der Waals surface area contributed by atoms with Crippen molar-refractivity contribution in [2.75, 3.05) is 39.8 Å². The lowest BCUT2D eigenvalue weighted by atomic mass is 10.2. The highest BCUT2D eigenvalue weighted by molar-refractivity contribution is 7.14. The molecular formula is C13H18ClN3O3S. The van der Waals surface area contributed by atoms with Crippen molar-refractivity contribution >= 4 is 34.8 Å². The molecule has 6 nitrogen and oxygen atoms in total. The summed E-state index contributed by atoms with van der Waals surface area (Å²) in [6.45, 7) is 2.27. The molecule has 0 bridgehead atoms. The first-order valence-electron chi connectivity index (χ1n) is 6.57. The molecule has 0 aromatic carbocycles. The molecule has 0 aliphatic carbocycles. The van der Waals surface area contributed by atoms with E-state index in [9.17, 15) is 9.59 Å². The van der Waals surface area contributed by atoms with Crippen LogP contribution in [0.4, 0.5) is 0 Å². The minimum absolute atomic E-state index is 0.0380. The minimum atomic E-state index is -0.380. The number of hydrogen-bond acceptors (Lipinski definition) is 5. The van der Waals surface area contributed by atoms with E-state index in [1.807, 2.05) is 0 Å². The van der Waals surface area contributed by atoms with Gasteiger partial charge in [0.15, 0.2) is 0 Å². The summed E-state index contributed by atoms with van der Waals surface area (Å²) >= 11 is 7.20. The van der Waals surface area contributed by atoms with Gasteiger partial charge in [-0.2, -0.15) is 0 Å². The Kier molecular flexibility index (Phi) is 5.58. The molecule has 1 unspecified atom stereocenters. The lowest BCUT2D eigenvalue weighted by molar-refractivity contribution is -0.119. The molecule has 2 heterocycles. The van der Waals surface area contributed by atoms with Crippen molar-refractivity contribution < 1.29 is 14.3 Å². The van der Waals surface area contributed by atoms with Crippen LogP contribution in [0.5, 0.6) is 0 Å². The summed E-state index contributed by atoms with van der Waals surface area (Å²) in [5, 5.41) is 1.76. The van der Waals surface area contributed by atoms with Crippen LogP contribution < -0.4 is 5.73 Å². The number of primary amides is 1. The monoisotopic (exact) mass is 331 g/mol. The number of carbonyl (C=O) groups is 2. The normalized spacial score (nSPS) is 19.0. The molecular weight excluding hydrogens is 314 g/mol. The second-order valence-corrected chi connectivity index (χ2v) is 6.59. The van der Waals surface area contributed by atoms with Crippen LogP contribution in [-0.4, -0.2) is 67.6 Å². The van der Waals surface area contributed by atoms with Crippen molar-refractivity contribution in [1.82, 2.24) is 9.80 Å². The minimum Gasteiger partial charge on any atom is -0.373 e. The van der Waals surface area contributed by atoms with Crippen molar-refractivity contribution in [3.8, 4) is 0 Å². The fourth-order valence-electron chi connectivity index (χ4n) is 2.30. The van der Waals surface area contributed by atoms with Crippen molar-refractivity contribution in [3.05, 3.63) is 21.3 Å². The van der Waals surface area contributed by atoms with Crippen LogP contribution in [0.2, 0.25) is 4.34 Å². The number of thiophene rings is 1. The Morgan fingerprint density at radius 3 is 3.00 bits per heavy atom. The predicted molar refractivity (Wildman–Crippen MR) is 81.7 cm³/mol. The number of hydrogen-bond donors (Lipinski definition) is 1. The summed E-state index contributed by atoms with van der Waals surface area (Å²) < 4.78 is 6.24. The molecule has 1 aliphatic heterocycles. The fraction of sp³-hybridized carbons (Fsp3) is 0.538. The molecule has 1 atom stereocenters. The molecule has 1 aromatic rings. The van der Waals surface area contributed by atoms with Gasteiger partial charge in [0.2, 0.25) is 5.91 Å². The Balaban J connectivity index is 1.91. The van der Waals surface area contributed by atoms with E-state index in [4.69, 9.17) is 22.1 Å². The third-order valence-electron chi connectivity index (χ3n) is 3.18. The molecule has 1 saturated heterocycles. The molecule has 1 fully saturated rings. The summed E-state index contributed by atoms with van der Waals surface area (Å²) in [7, 11) is 1.80. The van der Waals surface area contributed by atoms with E-state index in [-0.39, 0.29) is 24.5 Å². The van der Waals surface area contributed by atoms with Crippen molar-refractivity contribution in [3.63, 3.8) is 0 Å². The van der Waals surface area contributed by atoms with E-state index in [1.165, 1.54) is 11.3 Å². The fourth-order valence-corrected chi connectivity index (χ4v) is 3.15. The van der Waals surface area contributed by atoms with Crippen molar-refractivity contribution in [2.24, 2.45) is 5.73 Å². The van der Waals surface area contributed by atoms with E-state index < -0.39 is 0 Å². The number of ether oxygens (including phenoxy) is 1. The molecule has 0 radical (unpaired) electrons. The lowest BCUT2D eigenvalue weighted by Gasteiger charge is -2.34. The number of morpholine rings is 1. The zero-order valence-electron chi connectivity index (χ0n) is 11.8. The molecule has 2 rings (SSSR count). The van der Waals surface area contributed by atoms with Crippen LogP contribution in [0.25, 0.3) is 0 Å². The lowest BCUT2D eigenvalue weighted by Crippen LogP contribution is -2.49. The third-order valence-corrected chi connectivity index (χ3v) is 4.27. The third kappa shape index (κ3) is 4.67. The number of nitrogens with two attached hydrogens (primary N) is 1. The average Bonchev–Trinajstić information content (AvgIpc) is 2.84. The van der Waals surface area contributed by atoms with Gasteiger partial charge >= 0.3 is 0 Å². The van der Waals surface area contributed by atoms with Crippen LogP contribution in [0.15, 0.2) is 11.4 Å². The summed E-state index contributed by atoms with van der Waals surface area (Å²) in [5.74, 6) is -0.418. The van der Waals surface area contributed by atoms with Crippen LogP contribution in [0.3, 0.4) is 0 Å². The molecule has 116 valence electrons. The number of carbonyl (C=O) groups excluding carboxylic acids is 2. The number of likely N-dealkylation sites (N-methyl/N-ethyl adjacent to an activating group) is 1. The zero-order valence-corrected chi connectivity index (χ0v) is 13.3. The molecule has 0 saturated carbocycles. The Bertz CT molecular complexity index is 523. The van der Waals surface area contributed by atoms with Crippen LogP contribution >= 0.6 is 22.9 Å². The maximum absolute atomic E-state index is 12.4. The van der Waals surface area contributed by atoms with Gasteiger partial charge in [0.05, 0.1) is 29.2 Å². The van der Waals surface area contributed by atoms with Gasteiger partial charge in [-0.1, -0.05) is 11.6 Å². The van der Waals surface area contributed by atoms with E-state index in [2.05, 4.69) is 0 Å². The summed E-state index contributed by atoms with van der Waals surface area (Å²) in [6, 6.07) is 1.68. The smallest absolute Gasteiger partial charge is 0.254 e. The van der Waals surface area contributed by atoms with Crippen LogP contribution in [-0.2, 0) is 9.53 Å². The maximum atomic E-state index is 12.4. The number of halogens is 1. The quantitative estimate of drug-likeness (QED) is 0.860. The Labute approximate surface area is 132 Å². The van der Waals surface area contributed by atoms with Gasteiger partial charge in [0.25, 0.3) is 5.91 Å². The number of nitrogens with zero attached hydrogens (tertiary/aromatic N) is 2. The Morgan fingerprint density at radius 2 is 2.38 bits per heavy atom. The standard InChI is InChI=1S/C13H18ClN3O3S/c1-16(7-12(15)18)5-10-6-17(2-3-20-10)13(19)9-4-11(14)21-8-9/h4,8,10H,2-3,5-7H2,1H3,(H2,15,18). The topological polar surface area (TPSA) is 75.9 Å². The molecule has 1 aliphatic rings. The zero-order chi connectivity index (χ0) is 15.4. The first-order chi connectivity index (χ1) is 9.95. The molecule has 8 heteroatoms. The van der Waals surface area contributed by atoms with E-state index in [0.29, 0.717) is 36.1 Å². The second kappa shape index (κ2) is 7.22. The summed E-state index contributed by atoms with van der Waals surface area (Å²) in [6.07, 6.45) is -0.124. The first-order valence-corrected chi connectivity index (χ1v) is 7.83. The highest BCUT2D eigenvalue weighted by Crippen LogP contribution is 2.22. The molecule has 2 N–H and O–H groups in total. The average molecular weight is 332 g/mol.